The summed E-state index contributed by atoms with van der Waals surface area (Å²) in [5, 5.41) is 6.79. The lowest BCUT2D eigenvalue weighted by atomic mass is 10.1. The van der Waals surface area contributed by atoms with Gasteiger partial charge in [-0.1, -0.05) is 24.3 Å². The molecule has 1 aliphatic rings. The zero-order chi connectivity index (χ0) is 18.8. The van der Waals surface area contributed by atoms with Gasteiger partial charge in [0.25, 0.3) is 0 Å². The number of aromatic amines is 1. The highest BCUT2D eigenvalue weighted by atomic mass is 16.5. The highest BCUT2D eigenvalue weighted by Gasteiger charge is 2.33. The first-order valence-corrected chi connectivity index (χ1v) is 8.98. The Hall–Kier alpha value is -3.28. The predicted octanol–water partition coefficient (Wildman–Crippen LogP) is 4.09. The van der Waals surface area contributed by atoms with E-state index in [2.05, 4.69) is 17.1 Å². The number of aromatic nitrogens is 2. The van der Waals surface area contributed by atoms with Crippen molar-refractivity contribution in [2.24, 2.45) is 0 Å². The van der Waals surface area contributed by atoms with Gasteiger partial charge in [0.2, 0.25) is 0 Å². The summed E-state index contributed by atoms with van der Waals surface area (Å²) in [6.45, 7) is 3.43. The molecule has 0 spiro atoms. The Morgan fingerprint density at radius 1 is 1.11 bits per heavy atom. The molecule has 0 bridgehead atoms. The van der Waals surface area contributed by atoms with Crippen molar-refractivity contribution in [3.8, 4) is 16.9 Å². The summed E-state index contributed by atoms with van der Waals surface area (Å²) < 4.78 is 5.31. The number of hydrogen-bond donors (Lipinski definition) is 1. The molecule has 4 rings (SSSR count). The van der Waals surface area contributed by atoms with E-state index in [1.807, 2.05) is 64.5 Å². The highest BCUT2D eigenvalue weighted by molar-refractivity contribution is 5.94. The number of anilines is 1. The van der Waals surface area contributed by atoms with Crippen LogP contribution in [-0.2, 0) is 0 Å². The number of hydrogen-bond acceptors (Lipinski definition) is 3. The van der Waals surface area contributed by atoms with E-state index in [9.17, 15) is 4.79 Å². The van der Waals surface area contributed by atoms with Crippen LogP contribution in [0.25, 0.3) is 11.1 Å². The van der Waals surface area contributed by atoms with Gasteiger partial charge in [-0.15, -0.1) is 0 Å². The molecule has 27 heavy (non-hydrogen) atoms. The molecule has 6 heteroatoms. The second-order valence-electron chi connectivity index (χ2n) is 6.61. The maximum absolute atomic E-state index is 13.0. The van der Waals surface area contributed by atoms with Crippen molar-refractivity contribution in [2.45, 2.75) is 13.0 Å². The molecular formula is C21H22N4O2. The van der Waals surface area contributed by atoms with E-state index < -0.39 is 0 Å². The van der Waals surface area contributed by atoms with Gasteiger partial charge < -0.3 is 9.64 Å². The topological polar surface area (TPSA) is 61.5 Å². The molecule has 1 aliphatic heterocycles. The van der Waals surface area contributed by atoms with E-state index in [-0.39, 0.29) is 12.1 Å². The fourth-order valence-electron chi connectivity index (χ4n) is 3.48. The lowest BCUT2D eigenvalue weighted by Crippen LogP contribution is -2.33. The molecule has 1 saturated heterocycles. The first-order chi connectivity index (χ1) is 13.2. The maximum Gasteiger partial charge on any atom is 0.325 e. The molecule has 2 aromatic carbocycles. The molecular weight excluding hydrogens is 340 g/mol. The Labute approximate surface area is 158 Å². The Morgan fingerprint density at radius 3 is 2.63 bits per heavy atom. The minimum Gasteiger partial charge on any atom is -0.497 e. The van der Waals surface area contributed by atoms with Crippen LogP contribution in [0, 0.1) is 0 Å². The summed E-state index contributed by atoms with van der Waals surface area (Å²) in [7, 11) is 1.65. The van der Waals surface area contributed by atoms with Crippen LogP contribution in [0.3, 0.4) is 0 Å². The van der Waals surface area contributed by atoms with E-state index in [0.717, 1.165) is 28.1 Å². The summed E-state index contributed by atoms with van der Waals surface area (Å²) >= 11 is 0. The molecule has 1 N–H and O–H groups in total. The highest BCUT2D eigenvalue weighted by Crippen LogP contribution is 2.30. The number of methoxy groups -OCH3 is 1. The van der Waals surface area contributed by atoms with Gasteiger partial charge in [0.05, 0.1) is 19.3 Å². The number of urea groups is 1. The van der Waals surface area contributed by atoms with E-state index in [1.165, 1.54) is 0 Å². The summed E-state index contributed by atoms with van der Waals surface area (Å²) in [6.07, 6.45) is 3.64. The van der Waals surface area contributed by atoms with E-state index in [0.29, 0.717) is 13.1 Å². The number of nitrogens with one attached hydrogen (secondary N) is 1. The Morgan fingerprint density at radius 2 is 1.93 bits per heavy atom. The summed E-state index contributed by atoms with van der Waals surface area (Å²) in [5.74, 6) is 0.803. The zero-order valence-electron chi connectivity index (χ0n) is 15.4. The lowest BCUT2D eigenvalue weighted by Gasteiger charge is -2.25. The average Bonchev–Trinajstić information content (AvgIpc) is 3.38. The van der Waals surface area contributed by atoms with Gasteiger partial charge in [-0.2, -0.15) is 5.10 Å². The van der Waals surface area contributed by atoms with Crippen molar-refractivity contribution >= 4 is 11.7 Å². The standard InChI is InChI=1S/C21H22N4O2/c1-15(17-4-3-5-20(12-17)27-2)24-10-11-25(21(24)26)19-8-6-16(7-9-19)18-13-22-23-14-18/h3-9,12-15H,10-11H2,1-2H3,(H,22,23)/t15-/m1/s1. The third-order valence-corrected chi connectivity index (χ3v) is 5.10. The Bertz CT molecular complexity index is 922. The van der Waals surface area contributed by atoms with Crippen LogP contribution in [-0.4, -0.2) is 41.3 Å². The molecule has 0 aliphatic carbocycles. The largest absolute Gasteiger partial charge is 0.497 e. The third kappa shape index (κ3) is 3.26. The molecule has 0 saturated carbocycles. The normalized spacial score (nSPS) is 15.3. The first kappa shape index (κ1) is 17.1. The van der Waals surface area contributed by atoms with Gasteiger partial charge in [-0.3, -0.25) is 10.00 Å². The maximum atomic E-state index is 13.0. The number of H-pyrrole nitrogens is 1. The fourth-order valence-corrected chi connectivity index (χ4v) is 3.48. The van der Waals surface area contributed by atoms with Gasteiger partial charge in [0.1, 0.15) is 5.75 Å². The second kappa shape index (κ2) is 7.15. The molecule has 1 aromatic heterocycles. The van der Waals surface area contributed by atoms with Gasteiger partial charge in [0.15, 0.2) is 0 Å². The van der Waals surface area contributed by atoms with Crippen LogP contribution >= 0.6 is 0 Å². The Balaban J connectivity index is 1.51. The van der Waals surface area contributed by atoms with E-state index in [4.69, 9.17) is 4.74 Å². The molecule has 2 heterocycles. The monoisotopic (exact) mass is 362 g/mol. The minimum atomic E-state index is -0.0113. The number of rotatable bonds is 5. The van der Waals surface area contributed by atoms with Crippen molar-refractivity contribution in [1.82, 2.24) is 15.1 Å². The van der Waals surface area contributed by atoms with Crippen LogP contribution in [0.15, 0.2) is 60.9 Å². The molecule has 1 atom stereocenters. The quantitative estimate of drug-likeness (QED) is 0.744. The number of ether oxygens (including phenoxy) is 1. The van der Waals surface area contributed by atoms with Crippen molar-refractivity contribution in [1.29, 1.82) is 0 Å². The van der Waals surface area contributed by atoms with Crippen molar-refractivity contribution in [2.75, 3.05) is 25.1 Å². The predicted molar refractivity (Wildman–Crippen MR) is 105 cm³/mol. The van der Waals surface area contributed by atoms with Crippen LogP contribution in [0.1, 0.15) is 18.5 Å². The van der Waals surface area contributed by atoms with E-state index >= 15 is 0 Å². The number of carbonyl (C=O) groups excluding carboxylic acids is 1. The summed E-state index contributed by atoms with van der Waals surface area (Å²) in [5.41, 5.74) is 4.08. The van der Waals surface area contributed by atoms with Crippen LogP contribution < -0.4 is 9.64 Å². The first-order valence-electron chi connectivity index (χ1n) is 8.98. The minimum absolute atomic E-state index is 0.0113. The van der Waals surface area contributed by atoms with Crippen molar-refractivity contribution in [3.63, 3.8) is 0 Å². The number of amides is 2. The molecule has 0 unspecified atom stereocenters. The van der Waals surface area contributed by atoms with Crippen LogP contribution in [0.5, 0.6) is 5.75 Å². The second-order valence-corrected chi connectivity index (χ2v) is 6.61. The fraction of sp³-hybridized carbons (Fsp3) is 0.238. The Kier molecular flexibility index (Phi) is 4.54. The zero-order valence-corrected chi connectivity index (χ0v) is 15.4. The number of carbonyl (C=O) groups is 1. The summed E-state index contributed by atoms with van der Waals surface area (Å²) in [6, 6.07) is 15.9. The number of nitrogens with zero attached hydrogens (tertiary/aromatic N) is 3. The smallest absolute Gasteiger partial charge is 0.325 e. The number of benzene rings is 2. The van der Waals surface area contributed by atoms with Crippen LogP contribution in [0.2, 0.25) is 0 Å². The average molecular weight is 362 g/mol. The third-order valence-electron chi connectivity index (χ3n) is 5.10. The van der Waals surface area contributed by atoms with E-state index in [1.54, 1.807) is 13.3 Å². The molecule has 138 valence electrons. The van der Waals surface area contributed by atoms with Gasteiger partial charge in [-0.25, -0.2) is 4.79 Å². The van der Waals surface area contributed by atoms with Gasteiger partial charge >= 0.3 is 6.03 Å². The molecule has 0 radical (unpaired) electrons. The SMILES string of the molecule is COc1cccc([C@@H](C)N2CCN(c3ccc(-c4cn[nH]c4)cc3)C2=O)c1. The van der Waals surface area contributed by atoms with Gasteiger partial charge in [0, 0.05) is 30.5 Å². The van der Waals surface area contributed by atoms with Crippen molar-refractivity contribution < 1.29 is 9.53 Å². The van der Waals surface area contributed by atoms with Crippen LogP contribution in [0.4, 0.5) is 10.5 Å². The molecule has 6 nitrogen and oxygen atoms in total. The lowest BCUT2D eigenvalue weighted by molar-refractivity contribution is 0.205. The summed E-state index contributed by atoms with van der Waals surface area (Å²) in [4.78, 5) is 16.7. The molecule has 2 amide bonds. The van der Waals surface area contributed by atoms with Gasteiger partial charge in [-0.05, 0) is 42.3 Å². The van der Waals surface area contributed by atoms with Crippen molar-refractivity contribution in [3.05, 3.63) is 66.5 Å². The molecule has 3 aromatic rings. The molecule has 1 fully saturated rings.